The summed E-state index contributed by atoms with van der Waals surface area (Å²) in [5, 5.41) is 2.48. The summed E-state index contributed by atoms with van der Waals surface area (Å²) in [4.78, 5) is 12.3. The normalized spacial score (nSPS) is 13.1. The first-order valence-corrected chi connectivity index (χ1v) is 11.9. The van der Waals surface area contributed by atoms with E-state index in [9.17, 15) is 21.6 Å². The molecule has 7 nitrogen and oxygen atoms in total. The molecule has 0 bridgehead atoms. The van der Waals surface area contributed by atoms with Gasteiger partial charge >= 0.3 is 0 Å². The van der Waals surface area contributed by atoms with Gasteiger partial charge in [0.1, 0.15) is 5.75 Å². The first-order valence-electron chi connectivity index (χ1n) is 8.75. The zero-order valence-corrected chi connectivity index (χ0v) is 17.6. The van der Waals surface area contributed by atoms with E-state index >= 15 is 0 Å². The summed E-state index contributed by atoms with van der Waals surface area (Å²) < 4.78 is 51.6. The Bertz CT molecular complexity index is 1030. The van der Waals surface area contributed by atoms with E-state index in [4.69, 9.17) is 0 Å². The molecule has 0 saturated heterocycles. The van der Waals surface area contributed by atoms with Crippen LogP contribution in [0, 0.1) is 6.92 Å². The molecule has 0 radical (unpaired) electrons. The number of anilines is 1. The minimum atomic E-state index is -3.76. The van der Waals surface area contributed by atoms with Gasteiger partial charge in [-0.2, -0.15) is 0 Å². The third kappa shape index (κ3) is 5.88. The van der Waals surface area contributed by atoms with Crippen LogP contribution in [0.3, 0.4) is 0 Å². The molecule has 0 fully saturated rings. The molecule has 2 rings (SSSR count). The van der Waals surface area contributed by atoms with Gasteiger partial charge in [-0.25, -0.2) is 21.6 Å². The highest BCUT2D eigenvalue weighted by Crippen LogP contribution is 2.16. The van der Waals surface area contributed by atoms with Gasteiger partial charge in [0.15, 0.2) is 9.84 Å². The third-order valence-corrected chi connectivity index (χ3v) is 7.36. The Balaban J connectivity index is 2.05. The molecule has 0 aliphatic rings. The van der Waals surface area contributed by atoms with Gasteiger partial charge in [0.25, 0.3) is 0 Å². The zero-order chi connectivity index (χ0) is 20.9. The second-order valence-corrected chi connectivity index (χ2v) is 10.3. The van der Waals surface area contributed by atoms with Gasteiger partial charge in [0.05, 0.1) is 9.79 Å². The van der Waals surface area contributed by atoms with Gasteiger partial charge in [-0.15, -0.1) is 0 Å². The minimum absolute atomic E-state index is 0.0677. The van der Waals surface area contributed by atoms with Gasteiger partial charge in [-0.3, -0.25) is 4.79 Å². The number of hydrogen-bond donors (Lipinski definition) is 2. The van der Waals surface area contributed by atoms with Crippen molar-refractivity contribution in [3.05, 3.63) is 54.1 Å². The van der Waals surface area contributed by atoms with Crippen LogP contribution in [0.5, 0.6) is 0 Å². The van der Waals surface area contributed by atoms with E-state index in [0.717, 1.165) is 5.56 Å². The van der Waals surface area contributed by atoms with E-state index in [1.54, 1.807) is 19.1 Å². The van der Waals surface area contributed by atoms with Crippen molar-refractivity contribution in [2.75, 3.05) is 11.1 Å². The Hall–Kier alpha value is -2.23. The van der Waals surface area contributed by atoms with Gasteiger partial charge in [-0.05, 0) is 56.7 Å². The predicted molar refractivity (Wildman–Crippen MR) is 108 cm³/mol. The topological polar surface area (TPSA) is 109 Å². The number of nitrogens with one attached hydrogen (secondary N) is 2. The molecule has 1 unspecified atom stereocenters. The molecule has 0 heterocycles. The summed E-state index contributed by atoms with van der Waals surface area (Å²) in [6.07, 6.45) is 0.656. The zero-order valence-electron chi connectivity index (χ0n) is 16.0. The van der Waals surface area contributed by atoms with E-state index < -0.39 is 31.5 Å². The lowest BCUT2D eigenvalue weighted by Gasteiger charge is -2.12. The summed E-state index contributed by atoms with van der Waals surface area (Å²) in [5.74, 6) is -1.40. The molecule has 2 aromatic rings. The first kappa shape index (κ1) is 22.1. The highest BCUT2D eigenvalue weighted by atomic mass is 32.2. The van der Waals surface area contributed by atoms with Gasteiger partial charge in [-0.1, -0.05) is 24.6 Å². The van der Waals surface area contributed by atoms with E-state index in [1.807, 2.05) is 13.8 Å². The van der Waals surface area contributed by atoms with Crippen LogP contribution in [0.4, 0.5) is 5.69 Å². The molecule has 28 heavy (non-hydrogen) atoms. The number of benzene rings is 2. The maximum atomic E-state index is 12.3. The quantitative estimate of drug-likeness (QED) is 0.677. The van der Waals surface area contributed by atoms with E-state index in [-0.39, 0.29) is 15.8 Å². The van der Waals surface area contributed by atoms with Crippen molar-refractivity contribution < 1.29 is 21.6 Å². The molecular weight excluding hydrogens is 400 g/mol. The number of hydrogen-bond acceptors (Lipinski definition) is 5. The molecule has 0 aromatic heterocycles. The summed E-state index contributed by atoms with van der Waals surface area (Å²) >= 11 is 0. The number of carbonyl (C=O) groups is 1. The van der Waals surface area contributed by atoms with Crippen molar-refractivity contribution in [1.82, 2.24) is 4.72 Å². The fourth-order valence-electron chi connectivity index (χ4n) is 2.33. The second kappa shape index (κ2) is 8.85. The van der Waals surface area contributed by atoms with Crippen LogP contribution in [0.1, 0.15) is 25.8 Å². The van der Waals surface area contributed by atoms with Crippen LogP contribution >= 0.6 is 0 Å². The van der Waals surface area contributed by atoms with Crippen molar-refractivity contribution in [3.63, 3.8) is 0 Å². The molecule has 152 valence electrons. The Morgan fingerprint density at radius 1 is 0.929 bits per heavy atom. The van der Waals surface area contributed by atoms with E-state index in [0.29, 0.717) is 12.1 Å². The maximum Gasteiger partial charge on any atom is 0.240 e. The molecule has 0 aliphatic heterocycles. The number of carbonyl (C=O) groups excluding carboxylic acids is 1. The van der Waals surface area contributed by atoms with Crippen LogP contribution in [0.25, 0.3) is 0 Å². The molecule has 1 amide bonds. The van der Waals surface area contributed by atoms with Crippen molar-refractivity contribution >= 4 is 31.5 Å². The molecule has 9 heteroatoms. The lowest BCUT2D eigenvalue weighted by atomic mass is 10.2. The number of amides is 1. The minimum Gasteiger partial charge on any atom is -0.325 e. The predicted octanol–water partition coefficient (Wildman–Crippen LogP) is 2.48. The monoisotopic (exact) mass is 424 g/mol. The summed E-state index contributed by atoms with van der Waals surface area (Å²) in [5.41, 5.74) is 1.23. The number of sulfone groups is 1. The molecule has 1 atom stereocenters. The Labute approximate surface area is 166 Å². The fourth-order valence-corrected chi connectivity index (χ4v) is 4.79. The van der Waals surface area contributed by atoms with Crippen LogP contribution in [0.15, 0.2) is 58.3 Å². The van der Waals surface area contributed by atoms with Crippen molar-refractivity contribution in [3.8, 4) is 0 Å². The number of aryl methyl sites for hydroxylation is 1. The Kier molecular flexibility index (Phi) is 6.97. The third-order valence-electron chi connectivity index (χ3n) is 4.12. The molecular formula is C19H24N2O5S2. The van der Waals surface area contributed by atoms with Crippen LogP contribution in [-0.4, -0.2) is 34.5 Å². The standard InChI is InChI=1S/C19H24N2O5S2/c1-4-15(3)21-28(25,26)18-11-7-16(8-12-18)20-19(22)13-27(23,24)17-9-5-14(2)6-10-17/h5-12,15,21H,4,13H2,1-3H3,(H,20,22). The van der Waals surface area contributed by atoms with Crippen molar-refractivity contribution in [2.45, 2.75) is 43.0 Å². The van der Waals surface area contributed by atoms with E-state index in [2.05, 4.69) is 10.0 Å². The maximum absolute atomic E-state index is 12.3. The lowest BCUT2D eigenvalue weighted by molar-refractivity contribution is -0.113. The van der Waals surface area contributed by atoms with Crippen molar-refractivity contribution in [2.24, 2.45) is 0 Å². The van der Waals surface area contributed by atoms with E-state index in [1.165, 1.54) is 36.4 Å². The van der Waals surface area contributed by atoms with Crippen LogP contribution in [0.2, 0.25) is 0 Å². The average molecular weight is 425 g/mol. The Morgan fingerprint density at radius 3 is 2.00 bits per heavy atom. The smallest absolute Gasteiger partial charge is 0.240 e. The largest absolute Gasteiger partial charge is 0.325 e. The second-order valence-electron chi connectivity index (χ2n) is 6.58. The SMILES string of the molecule is CCC(C)NS(=O)(=O)c1ccc(NC(=O)CS(=O)(=O)c2ccc(C)cc2)cc1. The highest BCUT2D eigenvalue weighted by Gasteiger charge is 2.20. The molecule has 2 N–H and O–H groups in total. The molecule has 0 aliphatic carbocycles. The van der Waals surface area contributed by atoms with Crippen LogP contribution in [-0.2, 0) is 24.7 Å². The van der Waals surface area contributed by atoms with Gasteiger partial charge in [0.2, 0.25) is 15.9 Å². The van der Waals surface area contributed by atoms with Crippen molar-refractivity contribution in [1.29, 1.82) is 0 Å². The Morgan fingerprint density at radius 2 is 1.46 bits per heavy atom. The summed E-state index contributed by atoms with van der Waals surface area (Å²) in [6, 6.07) is 11.6. The molecule has 0 spiro atoms. The highest BCUT2D eigenvalue weighted by molar-refractivity contribution is 7.92. The lowest BCUT2D eigenvalue weighted by Crippen LogP contribution is -2.32. The molecule has 0 saturated carbocycles. The average Bonchev–Trinajstić information content (AvgIpc) is 2.61. The summed E-state index contributed by atoms with van der Waals surface area (Å²) in [7, 11) is -7.41. The fraction of sp³-hybridized carbons (Fsp3) is 0.316. The first-order chi connectivity index (χ1) is 13.0. The molecule has 2 aromatic carbocycles. The van der Waals surface area contributed by atoms with Crippen LogP contribution < -0.4 is 10.0 Å². The summed E-state index contributed by atoms with van der Waals surface area (Å²) in [6.45, 7) is 5.47. The van der Waals surface area contributed by atoms with Gasteiger partial charge in [0, 0.05) is 11.7 Å². The van der Waals surface area contributed by atoms with Gasteiger partial charge < -0.3 is 5.32 Å². The number of sulfonamides is 1. The number of rotatable bonds is 8.